The standard InChI is InChI=1S/C16H13FN2/c17-14-5-7-16(13(8-14)10-18)19-15-6-4-11-2-1-3-12(11)9-15/h4-9,19H,1-3H2. The van der Waals surface area contributed by atoms with Gasteiger partial charge in [-0.25, -0.2) is 4.39 Å². The molecule has 0 fully saturated rings. The van der Waals surface area contributed by atoms with Crippen molar-refractivity contribution in [1.29, 1.82) is 5.26 Å². The summed E-state index contributed by atoms with van der Waals surface area (Å²) < 4.78 is 13.1. The molecule has 0 radical (unpaired) electrons. The first-order valence-electron chi connectivity index (χ1n) is 6.35. The van der Waals surface area contributed by atoms with Gasteiger partial charge in [-0.3, -0.25) is 0 Å². The van der Waals surface area contributed by atoms with Gasteiger partial charge in [-0.2, -0.15) is 5.26 Å². The highest BCUT2D eigenvalue weighted by Gasteiger charge is 2.11. The summed E-state index contributed by atoms with van der Waals surface area (Å²) in [5.41, 5.74) is 4.68. The molecule has 19 heavy (non-hydrogen) atoms. The molecule has 0 bridgehead atoms. The molecule has 0 amide bonds. The number of halogens is 1. The average molecular weight is 252 g/mol. The van der Waals surface area contributed by atoms with Crippen LogP contribution in [0.4, 0.5) is 15.8 Å². The molecule has 3 heteroatoms. The van der Waals surface area contributed by atoms with Crippen LogP contribution in [0.1, 0.15) is 23.1 Å². The molecule has 1 N–H and O–H groups in total. The van der Waals surface area contributed by atoms with E-state index >= 15 is 0 Å². The molecule has 0 aromatic heterocycles. The summed E-state index contributed by atoms with van der Waals surface area (Å²) in [6, 6.07) is 12.5. The fraction of sp³-hybridized carbons (Fsp3) is 0.188. The summed E-state index contributed by atoms with van der Waals surface area (Å²) >= 11 is 0. The zero-order valence-corrected chi connectivity index (χ0v) is 10.4. The molecule has 0 heterocycles. The van der Waals surface area contributed by atoms with Crippen LogP contribution in [0.5, 0.6) is 0 Å². The number of nitriles is 1. The maximum absolute atomic E-state index is 13.1. The first kappa shape index (κ1) is 11.7. The molecule has 0 unspecified atom stereocenters. The van der Waals surface area contributed by atoms with Gasteiger partial charge >= 0.3 is 0 Å². The van der Waals surface area contributed by atoms with Crippen molar-refractivity contribution in [3.63, 3.8) is 0 Å². The van der Waals surface area contributed by atoms with Crippen molar-refractivity contribution in [2.75, 3.05) is 5.32 Å². The monoisotopic (exact) mass is 252 g/mol. The van der Waals surface area contributed by atoms with Crippen LogP contribution in [0.3, 0.4) is 0 Å². The number of fused-ring (bicyclic) bond motifs is 1. The predicted molar refractivity (Wildman–Crippen MR) is 72.9 cm³/mol. The smallest absolute Gasteiger partial charge is 0.124 e. The predicted octanol–water partition coefficient (Wildman–Crippen LogP) is 3.93. The van der Waals surface area contributed by atoms with Crippen LogP contribution in [0.15, 0.2) is 36.4 Å². The largest absolute Gasteiger partial charge is 0.354 e. The van der Waals surface area contributed by atoms with Crippen LogP contribution in [-0.2, 0) is 12.8 Å². The van der Waals surface area contributed by atoms with E-state index in [1.807, 2.05) is 12.1 Å². The van der Waals surface area contributed by atoms with Gasteiger partial charge in [0.05, 0.1) is 11.3 Å². The summed E-state index contributed by atoms with van der Waals surface area (Å²) in [6.45, 7) is 0. The highest BCUT2D eigenvalue weighted by molar-refractivity contribution is 5.67. The van der Waals surface area contributed by atoms with E-state index in [1.54, 1.807) is 6.07 Å². The van der Waals surface area contributed by atoms with E-state index in [2.05, 4.69) is 17.4 Å². The summed E-state index contributed by atoms with van der Waals surface area (Å²) in [4.78, 5) is 0. The van der Waals surface area contributed by atoms with Gasteiger partial charge in [0.25, 0.3) is 0 Å². The first-order valence-corrected chi connectivity index (χ1v) is 6.35. The van der Waals surface area contributed by atoms with E-state index in [9.17, 15) is 4.39 Å². The molecule has 1 aliphatic rings. The van der Waals surface area contributed by atoms with Crippen molar-refractivity contribution in [3.05, 3.63) is 58.9 Å². The molecular weight excluding hydrogens is 239 g/mol. The van der Waals surface area contributed by atoms with Crippen molar-refractivity contribution in [1.82, 2.24) is 0 Å². The number of nitrogens with zero attached hydrogens (tertiary/aromatic N) is 1. The first-order chi connectivity index (χ1) is 9.26. The number of hydrogen-bond acceptors (Lipinski definition) is 2. The van der Waals surface area contributed by atoms with E-state index < -0.39 is 5.82 Å². The van der Waals surface area contributed by atoms with E-state index in [0.717, 1.165) is 18.5 Å². The van der Waals surface area contributed by atoms with Crippen molar-refractivity contribution in [2.45, 2.75) is 19.3 Å². The van der Waals surface area contributed by atoms with Crippen molar-refractivity contribution < 1.29 is 4.39 Å². The van der Waals surface area contributed by atoms with Crippen LogP contribution in [0.25, 0.3) is 0 Å². The molecule has 0 spiro atoms. The van der Waals surface area contributed by atoms with Gasteiger partial charge in [0.2, 0.25) is 0 Å². The molecule has 0 aliphatic heterocycles. The average Bonchev–Trinajstić information content (AvgIpc) is 2.88. The van der Waals surface area contributed by atoms with Crippen molar-refractivity contribution in [3.8, 4) is 6.07 Å². The lowest BCUT2D eigenvalue weighted by molar-refractivity contribution is 0.627. The Morgan fingerprint density at radius 1 is 1.05 bits per heavy atom. The maximum Gasteiger partial charge on any atom is 0.124 e. The number of rotatable bonds is 2. The van der Waals surface area contributed by atoms with E-state index in [4.69, 9.17) is 5.26 Å². The molecule has 3 rings (SSSR count). The topological polar surface area (TPSA) is 35.8 Å². The highest BCUT2D eigenvalue weighted by Crippen LogP contribution is 2.27. The maximum atomic E-state index is 13.1. The summed E-state index contributed by atoms with van der Waals surface area (Å²) in [7, 11) is 0. The number of hydrogen-bond donors (Lipinski definition) is 1. The molecule has 94 valence electrons. The van der Waals surface area contributed by atoms with Gasteiger partial charge in [-0.15, -0.1) is 0 Å². The Hall–Kier alpha value is -2.34. The summed E-state index contributed by atoms with van der Waals surface area (Å²) in [5.74, 6) is -0.393. The fourth-order valence-corrected chi connectivity index (χ4v) is 2.52. The minimum Gasteiger partial charge on any atom is -0.354 e. The van der Waals surface area contributed by atoms with Crippen LogP contribution < -0.4 is 5.32 Å². The normalized spacial score (nSPS) is 12.8. The van der Waals surface area contributed by atoms with Crippen molar-refractivity contribution in [2.24, 2.45) is 0 Å². The van der Waals surface area contributed by atoms with Crippen LogP contribution in [0, 0.1) is 17.1 Å². The van der Waals surface area contributed by atoms with Gasteiger partial charge < -0.3 is 5.32 Å². The third-order valence-corrected chi connectivity index (χ3v) is 3.48. The minimum atomic E-state index is -0.393. The lowest BCUT2D eigenvalue weighted by Crippen LogP contribution is -1.95. The van der Waals surface area contributed by atoms with E-state index in [1.165, 1.54) is 29.7 Å². The molecule has 2 aromatic rings. The number of anilines is 2. The third-order valence-electron chi connectivity index (χ3n) is 3.48. The quantitative estimate of drug-likeness (QED) is 0.879. The van der Waals surface area contributed by atoms with E-state index in [-0.39, 0.29) is 0 Å². The molecular formula is C16H13FN2. The van der Waals surface area contributed by atoms with Crippen LogP contribution >= 0.6 is 0 Å². The Kier molecular flexibility index (Phi) is 2.92. The summed E-state index contributed by atoms with van der Waals surface area (Å²) in [6.07, 6.45) is 3.47. The van der Waals surface area contributed by atoms with E-state index in [0.29, 0.717) is 11.3 Å². The highest BCUT2D eigenvalue weighted by atomic mass is 19.1. The van der Waals surface area contributed by atoms with Gasteiger partial charge in [-0.05, 0) is 60.7 Å². The molecule has 0 saturated heterocycles. The SMILES string of the molecule is N#Cc1cc(F)ccc1Nc1ccc2c(c1)CCC2. The number of aryl methyl sites for hydroxylation is 2. The van der Waals surface area contributed by atoms with Crippen LogP contribution in [-0.4, -0.2) is 0 Å². The zero-order valence-electron chi connectivity index (χ0n) is 10.4. The second-order valence-corrected chi connectivity index (χ2v) is 4.76. The van der Waals surface area contributed by atoms with Gasteiger partial charge in [0, 0.05) is 5.69 Å². The minimum absolute atomic E-state index is 0.320. The Morgan fingerprint density at radius 2 is 1.89 bits per heavy atom. The molecule has 2 aromatic carbocycles. The Labute approximate surface area is 111 Å². The molecule has 1 aliphatic carbocycles. The van der Waals surface area contributed by atoms with Gasteiger partial charge in [-0.1, -0.05) is 6.07 Å². The fourth-order valence-electron chi connectivity index (χ4n) is 2.52. The lowest BCUT2D eigenvalue weighted by Gasteiger charge is -2.10. The molecule has 0 saturated carbocycles. The Bertz CT molecular complexity index is 671. The van der Waals surface area contributed by atoms with Gasteiger partial charge in [0.15, 0.2) is 0 Å². The van der Waals surface area contributed by atoms with Crippen LogP contribution in [0.2, 0.25) is 0 Å². The van der Waals surface area contributed by atoms with Crippen molar-refractivity contribution >= 4 is 11.4 Å². The summed E-state index contributed by atoms with van der Waals surface area (Å²) in [5, 5.41) is 12.2. The number of benzene rings is 2. The number of nitrogens with one attached hydrogen (secondary N) is 1. The lowest BCUT2D eigenvalue weighted by atomic mass is 10.1. The molecule has 2 nitrogen and oxygen atoms in total. The second kappa shape index (κ2) is 4.74. The Balaban J connectivity index is 1.92. The second-order valence-electron chi connectivity index (χ2n) is 4.76. The third kappa shape index (κ3) is 2.30. The van der Waals surface area contributed by atoms with Gasteiger partial charge in [0.1, 0.15) is 11.9 Å². The Morgan fingerprint density at radius 3 is 2.74 bits per heavy atom. The zero-order chi connectivity index (χ0) is 13.2. The molecule has 0 atom stereocenters.